The lowest BCUT2D eigenvalue weighted by Crippen LogP contribution is -2.27. The first kappa shape index (κ1) is 20.5. The molecule has 2 rings (SSSR count). The molecular weight excluding hydrogens is 340 g/mol. The minimum Gasteiger partial charge on any atom is -0.484 e. The van der Waals surface area contributed by atoms with E-state index in [0.717, 1.165) is 0 Å². The van der Waals surface area contributed by atoms with Gasteiger partial charge in [0.25, 0.3) is 5.91 Å². The Balaban J connectivity index is 1.90. The Morgan fingerprint density at radius 2 is 1.56 bits per heavy atom. The van der Waals surface area contributed by atoms with Crippen molar-refractivity contribution in [3.05, 3.63) is 54.1 Å². The summed E-state index contributed by atoms with van der Waals surface area (Å²) in [6, 6.07) is 14.8. The molecule has 0 fully saturated rings. The summed E-state index contributed by atoms with van der Waals surface area (Å²) in [5, 5.41) is 5.63. The normalized spacial score (nSPS) is 11.2. The van der Waals surface area contributed by atoms with Crippen LogP contribution < -0.4 is 15.4 Å². The molecule has 2 aromatic rings. The third-order valence-electron chi connectivity index (χ3n) is 4.00. The molecule has 144 valence electrons. The predicted octanol–water partition coefficient (Wildman–Crippen LogP) is 4.81. The van der Waals surface area contributed by atoms with Crippen LogP contribution in [-0.4, -0.2) is 18.4 Å². The topological polar surface area (TPSA) is 67.4 Å². The van der Waals surface area contributed by atoms with Crippen molar-refractivity contribution in [3.63, 3.8) is 0 Å². The number of rotatable bonds is 6. The van der Waals surface area contributed by atoms with Crippen LogP contribution in [0, 0.1) is 5.41 Å². The third-order valence-corrected chi connectivity index (χ3v) is 4.00. The minimum absolute atomic E-state index is 0.0837. The van der Waals surface area contributed by atoms with Crippen LogP contribution in [0.4, 0.5) is 11.4 Å². The van der Waals surface area contributed by atoms with Crippen molar-refractivity contribution in [2.24, 2.45) is 5.41 Å². The average Bonchev–Trinajstić information content (AvgIpc) is 2.60. The first-order chi connectivity index (χ1) is 12.6. The second-order valence-electron chi connectivity index (χ2n) is 7.85. The third kappa shape index (κ3) is 6.44. The van der Waals surface area contributed by atoms with E-state index in [9.17, 15) is 9.59 Å². The van der Waals surface area contributed by atoms with Gasteiger partial charge in [-0.1, -0.05) is 52.8 Å². The van der Waals surface area contributed by atoms with E-state index in [1.165, 1.54) is 5.56 Å². The first-order valence-corrected chi connectivity index (χ1v) is 9.09. The van der Waals surface area contributed by atoms with Crippen molar-refractivity contribution < 1.29 is 14.3 Å². The van der Waals surface area contributed by atoms with Crippen LogP contribution in [0.1, 0.15) is 46.1 Å². The van der Waals surface area contributed by atoms with Gasteiger partial charge in [0.05, 0.1) is 0 Å². The molecule has 0 aliphatic rings. The lowest BCUT2D eigenvalue weighted by molar-refractivity contribution is -0.123. The van der Waals surface area contributed by atoms with Gasteiger partial charge in [-0.05, 0) is 41.8 Å². The molecule has 0 aromatic heterocycles. The molecule has 0 radical (unpaired) electrons. The molecular formula is C22H28N2O3. The van der Waals surface area contributed by atoms with Crippen LogP contribution in [0.3, 0.4) is 0 Å². The minimum atomic E-state index is -0.488. The number of carbonyl (C=O) groups excluding carboxylic acids is 2. The SMILES string of the molecule is CC(C)c1ccc(OCC(=O)Nc2cccc(NC(=O)C(C)(C)C)c2)cc1. The Bertz CT molecular complexity index is 790. The summed E-state index contributed by atoms with van der Waals surface area (Å²) in [6.45, 7) is 9.71. The van der Waals surface area contributed by atoms with Gasteiger partial charge in [-0.2, -0.15) is 0 Å². The molecule has 0 unspecified atom stereocenters. The zero-order valence-corrected chi connectivity index (χ0v) is 16.6. The number of amides is 2. The van der Waals surface area contributed by atoms with Gasteiger partial charge in [0.1, 0.15) is 5.75 Å². The largest absolute Gasteiger partial charge is 0.484 e. The highest BCUT2D eigenvalue weighted by atomic mass is 16.5. The predicted molar refractivity (Wildman–Crippen MR) is 109 cm³/mol. The van der Waals surface area contributed by atoms with Crippen LogP contribution in [-0.2, 0) is 9.59 Å². The fraction of sp³-hybridized carbons (Fsp3) is 0.364. The Hall–Kier alpha value is -2.82. The van der Waals surface area contributed by atoms with E-state index in [4.69, 9.17) is 4.74 Å². The maximum absolute atomic E-state index is 12.1. The van der Waals surface area contributed by atoms with Gasteiger partial charge in [0.2, 0.25) is 5.91 Å². The summed E-state index contributed by atoms with van der Waals surface area (Å²) in [4.78, 5) is 24.2. The Kier molecular flexibility index (Phi) is 6.61. The molecule has 0 aliphatic carbocycles. The van der Waals surface area contributed by atoms with Crippen LogP contribution in [0.25, 0.3) is 0 Å². The van der Waals surface area contributed by atoms with Crippen LogP contribution in [0.2, 0.25) is 0 Å². The monoisotopic (exact) mass is 368 g/mol. The van der Waals surface area contributed by atoms with E-state index in [0.29, 0.717) is 23.0 Å². The van der Waals surface area contributed by atoms with E-state index in [1.54, 1.807) is 24.3 Å². The van der Waals surface area contributed by atoms with Crippen molar-refractivity contribution in [1.82, 2.24) is 0 Å². The van der Waals surface area contributed by atoms with E-state index >= 15 is 0 Å². The fourth-order valence-electron chi connectivity index (χ4n) is 2.29. The number of ether oxygens (including phenoxy) is 1. The molecule has 27 heavy (non-hydrogen) atoms. The second kappa shape index (κ2) is 8.71. The summed E-state index contributed by atoms with van der Waals surface area (Å²) >= 11 is 0. The molecule has 0 atom stereocenters. The average molecular weight is 368 g/mol. The van der Waals surface area contributed by atoms with E-state index in [-0.39, 0.29) is 18.4 Å². The van der Waals surface area contributed by atoms with Gasteiger partial charge in [0, 0.05) is 16.8 Å². The van der Waals surface area contributed by atoms with Gasteiger partial charge < -0.3 is 15.4 Å². The lowest BCUT2D eigenvalue weighted by Gasteiger charge is -2.18. The van der Waals surface area contributed by atoms with Crippen LogP contribution in [0.15, 0.2) is 48.5 Å². The van der Waals surface area contributed by atoms with E-state index in [1.807, 2.05) is 45.0 Å². The van der Waals surface area contributed by atoms with Crippen LogP contribution in [0.5, 0.6) is 5.75 Å². The summed E-state index contributed by atoms with van der Waals surface area (Å²) in [5.41, 5.74) is 1.97. The highest BCUT2D eigenvalue weighted by molar-refractivity contribution is 5.96. The maximum atomic E-state index is 12.1. The Morgan fingerprint density at radius 3 is 2.11 bits per heavy atom. The number of nitrogens with one attached hydrogen (secondary N) is 2. The number of hydrogen-bond donors (Lipinski definition) is 2. The standard InChI is InChI=1S/C22H28N2O3/c1-15(2)16-9-11-19(12-10-16)27-14-20(25)23-17-7-6-8-18(13-17)24-21(26)22(3,4)5/h6-13,15H,14H2,1-5H3,(H,23,25)(H,24,26). The summed E-state index contributed by atoms with van der Waals surface area (Å²) in [5.74, 6) is 0.760. The number of carbonyl (C=O) groups is 2. The van der Waals surface area contributed by atoms with Crippen molar-refractivity contribution in [3.8, 4) is 5.75 Å². The molecule has 0 saturated carbocycles. The maximum Gasteiger partial charge on any atom is 0.262 e. The Morgan fingerprint density at radius 1 is 0.963 bits per heavy atom. The molecule has 2 N–H and O–H groups in total. The van der Waals surface area contributed by atoms with Crippen molar-refractivity contribution >= 4 is 23.2 Å². The van der Waals surface area contributed by atoms with Gasteiger partial charge >= 0.3 is 0 Å². The van der Waals surface area contributed by atoms with Crippen molar-refractivity contribution in [2.75, 3.05) is 17.2 Å². The molecule has 0 aliphatic heterocycles. The van der Waals surface area contributed by atoms with Gasteiger partial charge in [0.15, 0.2) is 6.61 Å². The summed E-state index contributed by atoms with van der Waals surface area (Å²) in [7, 11) is 0. The molecule has 0 bridgehead atoms. The first-order valence-electron chi connectivity index (χ1n) is 9.09. The fourth-order valence-corrected chi connectivity index (χ4v) is 2.29. The molecule has 0 spiro atoms. The highest BCUT2D eigenvalue weighted by Gasteiger charge is 2.21. The summed E-state index contributed by atoms with van der Waals surface area (Å²) in [6.07, 6.45) is 0. The smallest absolute Gasteiger partial charge is 0.262 e. The lowest BCUT2D eigenvalue weighted by atomic mass is 9.95. The Labute approximate surface area is 161 Å². The van der Waals surface area contributed by atoms with Crippen molar-refractivity contribution in [1.29, 1.82) is 0 Å². The molecule has 0 saturated heterocycles. The summed E-state index contributed by atoms with van der Waals surface area (Å²) < 4.78 is 5.53. The number of anilines is 2. The molecule has 2 amide bonds. The quantitative estimate of drug-likeness (QED) is 0.769. The zero-order valence-electron chi connectivity index (χ0n) is 16.6. The van der Waals surface area contributed by atoms with Gasteiger partial charge in [-0.3, -0.25) is 9.59 Å². The van der Waals surface area contributed by atoms with Crippen molar-refractivity contribution in [2.45, 2.75) is 40.5 Å². The van der Waals surface area contributed by atoms with Gasteiger partial charge in [-0.25, -0.2) is 0 Å². The van der Waals surface area contributed by atoms with Crippen LogP contribution >= 0.6 is 0 Å². The molecule has 5 nitrogen and oxygen atoms in total. The molecule has 0 heterocycles. The molecule has 2 aromatic carbocycles. The van der Waals surface area contributed by atoms with E-state index < -0.39 is 5.41 Å². The second-order valence-corrected chi connectivity index (χ2v) is 7.85. The molecule has 5 heteroatoms. The number of hydrogen-bond acceptors (Lipinski definition) is 3. The zero-order chi connectivity index (χ0) is 20.0. The van der Waals surface area contributed by atoms with Gasteiger partial charge in [-0.15, -0.1) is 0 Å². The number of benzene rings is 2. The highest BCUT2D eigenvalue weighted by Crippen LogP contribution is 2.21. The van der Waals surface area contributed by atoms with E-state index in [2.05, 4.69) is 24.5 Å².